The second-order valence-corrected chi connectivity index (χ2v) is 3.62. The standard InChI is InChI=1S/C5H11NO4S/c1-4(7)5(6-2)3-11(8,9)10/h5-6H,3H2,1-2H3,(H,8,9,10)/p-1. The van der Waals surface area contributed by atoms with Crippen molar-refractivity contribution in [3.63, 3.8) is 0 Å². The van der Waals surface area contributed by atoms with Crippen molar-refractivity contribution in [2.24, 2.45) is 0 Å². The van der Waals surface area contributed by atoms with Gasteiger partial charge in [-0.15, -0.1) is 0 Å². The Labute approximate surface area is 65.5 Å². The average Bonchev–Trinajstić information content (AvgIpc) is 1.80. The van der Waals surface area contributed by atoms with E-state index in [9.17, 15) is 17.8 Å². The molecule has 0 radical (unpaired) electrons. The predicted octanol–water partition coefficient (Wildman–Crippen LogP) is -1.29. The third kappa shape index (κ3) is 4.88. The normalized spacial score (nSPS) is 14.5. The van der Waals surface area contributed by atoms with Gasteiger partial charge in [0.2, 0.25) is 0 Å². The number of likely N-dealkylation sites (N-methyl/N-ethyl adjacent to an activating group) is 1. The molecular formula is C5H10NO4S-. The van der Waals surface area contributed by atoms with E-state index in [1.807, 2.05) is 0 Å². The number of carbonyl (C=O) groups excluding carboxylic acids is 1. The van der Waals surface area contributed by atoms with E-state index in [0.717, 1.165) is 0 Å². The molecule has 6 heteroatoms. The molecule has 0 aliphatic carbocycles. The van der Waals surface area contributed by atoms with Gasteiger partial charge in [-0.1, -0.05) is 0 Å². The number of rotatable bonds is 4. The van der Waals surface area contributed by atoms with E-state index >= 15 is 0 Å². The van der Waals surface area contributed by atoms with Gasteiger partial charge in [-0.2, -0.15) is 0 Å². The molecule has 0 aliphatic heterocycles. The summed E-state index contributed by atoms with van der Waals surface area (Å²) in [7, 11) is -2.89. The van der Waals surface area contributed by atoms with E-state index in [2.05, 4.69) is 5.32 Å². The lowest BCUT2D eigenvalue weighted by Crippen LogP contribution is -2.38. The first-order valence-electron chi connectivity index (χ1n) is 2.98. The monoisotopic (exact) mass is 180 g/mol. The molecule has 0 rings (SSSR count). The summed E-state index contributed by atoms with van der Waals surface area (Å²) in [6.45, 7) is 1.23. The lowest BCUT2D eigenvalue weighted by molar-refractivity contribution is -0.118. The largest absolute Gasteiger partial charge is 0.748 e. The van der Waals surface area contributed by atoms with Gasteiger partial charge in [0.15, 0.2) is 0 Å². The van der Waals surface area contributed by atoms with Crippen molar-refractivity contribution in [1.82, 2.24) is 5.32 Å². The van der Waals surface area contributed by atoms with E-state index in [0.29, 0.717) is 0 Å². The van der Waals surface area contributed by atoms with Gasteiger partial charge in [0.25, 0.3) is 0 Å². The van der Waals surface area contributed by atoms with Crippen molar-refractivity contribution in [3.05, 3.63) is 0 Å². The molecule has 66 valence electrons. The Kier molecular flexibility index (Phi) is 3.64. The maximum Gasteiger partial charge on any atom is 0.147 e. The molecule has 1 N–H and O–H groups in total. The molecule has 0 aromatic carbocycles. The summed E-state index contributed by atoms with van der Waals surface area (Å²) in [6.07, 6.45) is 0. The fourth-order valence-electron chi connectivity index (χ4n) is 0.608. The molecule has 0 aromatic heterocycles. The summed E-state index contributed by atoms with van der Waals surface area (Å²) in [5.74, 6) is -1.04. The predicted molar refractivity (Wildman–Crippen MR) is 38.1 cm³/mol. The highest BCUT2D eigenvalue weighted by atomic mass is 32.2. The van der Waals surface area contributed by atoms with Crippen LogP contribution in [0, 0.1) is 0 Å². The van der Waals surface area contributed by atoms with Crippen LogP contribution in [0.4, 0.5) is 0 Å². The molecule has 0 saturated carbocycles. The summed E-state index contributed by atoms with van der Waals surface area (Å²) in [4.78, 5) is 10.6. The van der Waals surface area contributed by atoms with Gasteiger partial charge in [-0.3, -0.25) is 4.79 Å². The lowest BCUT2D eigenvalue weighted by Gasteiger charge is -2.14. The third-order valence-corrected chi connectivity index (χ3v) is 1.95. The van der Waals surface area contributed by atoms with Gasteiger partial charge in [-0.05, 0) is 14.0 Å². The zero-order valence-electron chi connectivity index (χ0n) is 6.33. The number of hydrogen-bond acceptors (Lipinski definition) is 5. The maximum absolute atomic E-state index is 10.6. The van der Waals surface area contributed by atoms with Crippen molar-refractivity contribution in [2.75, 3.05) is 12.8 Å². The molecule has 1 unspecified atom stereocenters. The first kappa shape index (κ1) is 10.5. The molecule has 0 spiro atoms. The second-order valence-electron chi connectivity index (χ2n) is 2.18. The van der Waals surface area contributed by atoms with Gasteiger partial charge in [-0.25, -0.2) is 8.42 Å². The Morgan fingerprint density at radius 3 is 2.18 bits per heavy atom. The first-order valence-corrected chi connectivity index (χ1v) is 4.56. The van der Waals surface area contributed by atoms with Crippen molar-refractivity contribution in [3.8, 4) is 0 Å². The van der Waals surface area contributed by atoms with Crippen LogP contribution in [-0.2, 0) is 14.9 Å². The summed E-state index contributed by atoms with van der Waals surface area (Å²) in [5, 5.41) is 2.43. The van der Waals surface area contributed by atoms with Crippen LogP contribution < -0.4 is 5.32 Å². The summed E-state index contributed by atoms with van der Waals surface area (Å²) >= 11 is 0. The van der Waals surface area contributed by atoms with Crippen LogP contribution in [0.25, 0.3) is 0 Å². The fourth-order valence-corrected chi connectivity index (χ4v) is 1.42. The van der Waals surface area contributed by atoms with Crippen LogP contribution in [0.1, 0.15) is 6.92 Å². The zero-order valence-corrected chi connectivity index (χ0v) is 7.14. The van der Waals surface area contributed by atoms with Crippen LogP contribution in [0.2, 0.25) is 0 Å². The second kappa shape index (κ2) is 3.80. The van der Waals surface area contributed by atoms with E-state index in [1.165, 1.54) is 14.0 Å². The van der Waals surface area contributed by atoms with Gasteiger partial charge in [0.05, 0.1) is 21.9 Å². The lowest BCUT2D eigenvalue weighted by atomic mass is 10.2. The van der Waals surface area contributed by atoms with Gasteiger partial charge < -0.3 is 9.87 Å². The van der Waals surface area contributed by atoms with E-state index in [4.69, 9.17) is 0 Å². The molecule has 0 amide bonds. The van der Waals surface area contributed by atoms with E-state index in [1.54, 1.807) is 0 Å². The highest BCUT2D eigenvalue weighted by Gasteiger charge is 2.14. The molecule has 5 nitrogen and oxygen atoms in total. The minimum atomic E-state index is -4.31. The molecule has 0 fully saturated rings. The summed E-state index contributed by atoms with van der Waals surface area (Å²) in [5.41, 5.74) is 0. The molecule has 11 heavy (non-hydrogen) atoms. The molecule has 0 saturated heterocycles. The third-order valence-electron chi connectivity index (χ3n) is 1.21. The van der Waals surface area contributed by atoms with Crippen LogP contribution in [0.5, 0.6) is 0 Å². The van der Waals surface area contributed by atoms with Crippen molar-refractivity contribution < 1.29 is 17.8 Å². The molecule has 0 heterocycles. The number of ketones is 1. The first-order chi connectivity index (χ1) is 4.87. The summed E-state index contributed by atoms with van der Waals surface area (Å²) in [6, 6.07) is -0.877. The minimum Gasteiger partial charge on any atom is -0.748 e. The number of Topliss-reactive ketones (excluding diaryl/α,β-unsaturated/α-hetero) is 1. The number of hydrogen-bond donors (Lipinski definition) is 1. The smallest absolute Gasteiger partial charge is 0.147 e. The Morgan fingerprint density at radius 1 is 1.64 bits per heavy atom. The quantitative estimate of drug-likeness (QED) is 0.544. The highest BCUT2D eigenvalue weighted by molar-refractivity contribution is 7.85. The fraction of sp³-hybridized carbons (Fsp3) is 0.800. The van der Waals surface area contributed by atoms with Crippen LogP contribution in [0.15, 0.2) is 0 Å². The topological polar surface area (TPSA) is 86.3 Å². The zero-order chi connectivity index (χ0) is 9.07. The minimum absolute atomic E-state index is 0.355. The van der Waals surface area contributed by atoms with Gasteiger partial charge in [0.1, 0.15) is 5.78 Å². The Morgan fingerprint density at radius 2 is 2.09 bits per heavy atom. The molecule has 0 bridgehead atoms. The average molecular weight is 180 g/mol. The molecule has 1 atom stereocenters. The SMILES string of the molecule is CNC(CS(=O)(=O)[O-])C(C)=O. The van der Waals surface area contributed by atoms with Crippen LogP contribution in [0.3, 0.4) is 0 Å². The van der Waals surface area contributed by atoms with E-state index < -0.39 is 21.9 Å². The summed E-state index contributed by atoms with van der Waals surface area (Å²) < 4.78 is 30.5. The van der Waals surface area contributed by atoms with Crippen molar-refractivity contribution in [2.45, 2.75) is 13.0 Å². The van der Waals surface area contributed by atoms with E-state index in [-0.39, 0.29) is 5.78 Å². The van der Waals surface area contributed by atoms with Gasteiger partial charge in [0, 0.05) is 0 Å². The van der Waals surface area contributed by atoms with Crippen molar-refractivity contribution >= 4 is 15.9 Å². The Balaban J connectivity index is 4.22. The van der Waals surface area contributed by atoms with Crippen LogP contribution in [-0.4, -0.2) is 37.6 Å². The number of nitrogens with one attached hydrogen (secondary N) is 1. The van der Waals surface area contributed by atoms with Crippen LogP contribution >= 0.6 is 0 Å². The van der Waals surface area contributed by atoms with Gasteiger partial charge >= 0.3 is 0 Å². The maximum atomic E-state index is 10.6. The highest BCUT2D eigenvalue weighted by Crippen LogP contribution is 1.90. The molecule has 0 aromatic rings. The molecule has 0 aliphatic rings. The Bertz CT molecular complexity index is 233. The molecular weight excluding hydrogens is 170 g/mol. The number of carbonyl (C=O) groups is 1. The Hall–Kier alpha value is -0.460. The van der Waals surface area contributed by atoms with Crippen molar-refractivity contribution in [1.29, 1.82) is 0 Å².